The second-order valence-electron chi connectivity index (χ2n) is 9.58. The number of hydrogen-bond donors (Lipinski definition) is 2. The zero-order chi connectivity index (χ0) is 28.1. The van der Waals surface area contributed by atoms with Gasteiger partial charge < -0.3 is 24.6 Å². The topological polar surface area (TPSA) is 146 Å². The Morgan fingerprint density at radius 2 is 1.90 bits per heavy atom. The first-order chi connectivity index (χ1) is 19.4. The van der Waals surface area contributed by atoms with E-state index in [0.29, 0.717) is 59.8 Å². The van der Waals surface area contributed by atoms with Crippen molar-refractivity contribution in [1.29, 1.82) is 0 Å². The quantitative estimate of drug-likeness (QED) is 0.292. The molecule has 0 aliphatic heterocycles. The van der Waals surface area contributed by atoms with Gasteiger partial charge in [-0.2, -0.15) is 4.98 Å². The maximum Gasteiger partial charge on any atom is 0.306 e. The maximum absolute atomic E-state index is 11.4. The zero-order valence-electron chi connectivity index (χ0n) is 22.6. The molecule has 1 aromatic carbocycles. The molecule has 2 atom stereocenters. The van der Waals surface area contributed by atoms with E-state index in [9.17, 15) is 9.90 Å². The first-order valence-corrected chi connectivity index (χ1v) is 13.0. The van der Waals surface area contributed by atoms with E-state index in [0.717, 1.165) is 24.3 Å². The van der Waals surface area contributed by atoms with Crippen molar-refractivity contribution in [3.05, 3.63) is 60.0 Å². The van der Waals surface area contributed by atoms with Gasteiger partial charge in [0.15, 0.2) is 0 Å². The molecule has 0 bridgehead atoms. The summed E-state index contributed by atoms with van der Waals surface area (Å²) in [5.41, 5.74) is 2.77. The SMILES string of the molecule is COc1ccc(Oc2ccnc(NCc3c(-c4ccc(O[C@H]5CCC[C@H](C(=O)O)C5)c(C)n4)nnn3C)n2)cc1. The summed E-state index contributed by atoms with van der Waals surface area (Å²) in [4.78, 5) is 24.9. The zero-order valence-corrected chi connectivity index (χ0v) is 22.6. The Hall–Kier alpha value is -4.74. The third-order valence-corrected chi connectivity index (χ3v) is 6.82. The molecule has 2 N–H and O–H groups in total. The van der Waals surface area contributed by atoms with Crippen LogP contribution in [0.4, 0.5) is 5.95 Å². The second kappa shape index (κ2) is 12.0. The Bertz CT molecular complexity index is 1470. The smallest absolute Gasteiger partial charge is 0.306 e. The molecule has 0 saturated heterocycles. The van der Waals surface area contributed by atoms with Gasteiger partial charge in [-0.3, -0.25) is 4.79 Å². The molecule has 12 heteroatoms. The predicted molar refractivity (Wildman–Crippen MR) is 145 cm³/mol. The fraction of sp³-hybridized carbons (Fsp3) is 0.357. The summed E-state index contributed by atoms with van der Waals surface area (Å²) in [6, 6.07) is 12.6. The molecule has 0 unspecified atom stereocenters. The molecule has 1 saturated carbocycles. The average molecular weight is 546 g/mol. The van der Waals surface area contributed by atoms with E-state index in [1.54, 1.807) is 36.2 Å². The minimum absolute atomic E-state index is 0.137. The van der Waals surface area contributed by atoms with Crippen LogP contribution in [-0.2, 0) is 18.4 Å². The summed E-state index contributed by atoms with van der Waals surface area (Å²) in [5.74, 6) is 1.67. The van der Waals surface area contributed by atoms with Crippen molar-refractivity contribution in [1.82, 2.24) is 29.9 Å². The maximum atomic E-state index is 11.4. The molecule has 1 aliphatic carbocycles. The molecule has 0 radical (unpaired) electrons. The van der Waals surface area contributed by atoms with Crippen LogP contribution in [-0.4, -0.2) is 54.2 Å². The molecule has 4 aromatic rings. The van der Waals surface area contributed by atoms with Crippen LogP contribution >= 0.6 is 0 Å². The number of carbonyl (C=O) groups is 1. The molecule has 1 fully saturated rings. The summed E-state index contributed by atoms with van der Waals surface area (Å²) in [5, 5.41) is 21.1. The molecular formula is C28H31N7O5. The lowest BCUT2D eigenvalue weighted by atomic mass is 9.87. The Morgan fingerprint density at radius 3 is 2.65 bits per heavy atom. The lowest BCUT2D eigenvalue weighted by Gasteiger charge is -2.27. The number of methoxy groups -OCH3 is 1. The van der Waals surface area contributed by atoms with E-state index in [1.165, 1.54) is 0 Å². The van der Waals surface area contributed by atoms with Crippen LogP contribution in [0.1, 0.15) is 37.1 Å². The summed E-state index contributed by atoms with van der Waals surface area (Å²) in [6.45, 7) is 2.22. The van der Waals surface area contributed by atoms with Crippen LogP contribution in [0.5, 0.6) is 23.1 Å². The van der Waals surface area contributed by atoms with Gasteiger partial charge in [0.1, 0.15) is 22.9 Å². The summed E-state index contributed by atoms with van der Waals surface area (Å²) in [6.07, 6.45) is 4.35. The van der Waals surface area contributed by atoms with E-state index in [2.05, 4.69) is 25.6 Å². The molecule has 3 heterocycles. The van der Waals surface area contributed by atoms with Crippen molar-refractivity contribution >= 4 is 11.9 Å². The molecule has 3 aromatic heterocycles. The number of pyridine rings is 1. The van der Waals surface area contributed by atoms with Gasteiger partial charge in [-0.25, -0.2) is 14.6 Å². The number of anilines is 1. The van der Waals surface area contributed by atoms with Crippen molar-refractivity contribution in [3.63, 3.8) is 0 Å². The monoisotopic (exact) mass is 545 g/mol. The fourth-order valence-electron chi connectivity index (χ4n) is 4.65. The van der Waals surface area contributed by atoms with E-state index >= 15 is 0 Å². The number of nitrogens with one attached hydrogen (secondary N) is 1. The summed E-state index contributed by atoms with van der Waals surface area (Å²) in [7, 11) is 3.42. The van der Waals surface area contributed by atoms with Crippen LogP contribution < -0.4 is 19.5 Å². The largest absolute Gasteiger partial charge is 0.497 e. The fourth-order valence-corrected chi connectivity index (χ4v) is 4.65. The second-order valence-corrected chi connectivity index (χ2v) is 9.58. The number of hydrogen-bond acceptors (Lipinski definition) is 10. The number of aromatic nitrogens is 6. The van der Waals surface area contributed by atoms with Crippen molar-refractivity contribution in [2.24, 2.45) is 13.0 Å². The van der Waals surface area contributed by atoms with E-state index in [1.807, 2.05) is 38.2 Å². The van der Waals surface area contributed by atoms with Gasteiger partial charge in [0, 0.05) is 19.3 Å². The minimum Gasteiger partial charge on any atom is -0.497 e. The van der Waals surface area contributed by atoms with Gasteiger partial charge in [-0.05, 0) is 69.0 Å². The van der Waals surface area contributed by atoms with Crippen LogP contribution in [0, 0.1) is 12.8 Å². The number of aliphatic carboxylic acids is 1. The highest BCUT2D eigenvalue weighted by Crippen LogP contribution is 2.31. The van der Waals surface area contributed by atoms with Crippen LogP contribution in [0.15, 0.2) is 48.7 Å². The Labute approximate surface area is 231 Å². The summed E-state index contributed by atoms with van der Waals surface area (Å²) >= 11 is 0. The highest BCUT2D eigenvalue weighted by molar-refractivity contribution is 5.70. The average Bonchev–Trinajstić information content (AvgIpc) is 3.33. The number of nitrogens with zero attached hydrogens (tertiary/aromatic N) is 6. The van der Waals surface area contributed by atoms with Crippen molar-refractivity contribution < 1.29 is 24.1 Å². The van der Waals surface area contributed by atoms with E-state index in [-0.39, 0.29) is 12.0 Å². The number of rotatable bonds is 10. The molecular weight excluding hydrogens is 514 g/mol. The highest BCUT2D eigenvalue weighted by atomic mass is 16.5. The first-order valence-electron chi connectivity index (χ1n) is 13.0. The molecule has 12 nitrogen and oxygen atoms in total. The van der Waals surface area contributed by atoms with Crippen molar-refractivity contribution in [2.45, 2.75) is 45.3 Å². The van der Waals surface area contributed by atoms with Crippen LogP contribution in [0.2, 0.25) is 0 Å². The van der Waals surface area contributed by atoms with Crippen molar-refractivity contribution in [2.75, 3.05) is 12.4 Å². The minimum atomic E-state index is -0.760. The number of ether oxygens (including phenoxy) is 3. The molecule has 5 rings (SSSR count). The predicted octanol–water partition coefficient (Wildman–Crippen LogP) is 4.41. The van der Waals surface area contributed by atoms with Gasteiger partial charge in [0.05, 0.1) is 42.8 Å². The number of benzene rings is 1. The van der Waals surface area contributed by atoms with Crippen molar-refractivity contribution in [3.8, 4) is 34.5 Å². The lowest BCUT2D eigenvalue weighted by Crippen LogP contribution is -2.29. The number of carboxylic acids is 1. The van der Waals surface area contributed by atoms with Gasteiger partial charge in [-0.15, -0.1) is 5.10 Å². The van der Waals surface area contributed by atoms with Gasteiger partial charge in [-0.1, -0.05) is 5.21 Å². The van der Waals surface area contributed by atoms with Crippen LogP contribution in [0.25, 0.3) is 11.4 Å². The van der Waals surface area contributed by atoms with Gasteiger partial charge in [0.25, 0.3) is 0 Å². The number of carboxylic acid groups (broad SMARTS) is 1. The normalized spacial score (nSPS) is 16.8. The number of aryl methyl sites for hydroxylation is 2. The van der Waals surface area contributed by atoms with E-state index in [4.69, 9.17) is 19.2 Å². The first kappa shape index (κ1) is 26.9. The molecule has 40 heavy (non-hydrogen) atoms. The standard InChI is InChI=1S/C28H31N7O5/c1-17-24(39-21-6-4-5-18(15-21)27(36)37)12-11-22(31-17)26-23(35(2)34-33-26)16-30-28-29-14-13-25(32-28)40-20-9-7-19(38-3)8-10-20/h7-14,18,21H,4-6,15-16H2,1-3H3,(H,36,37)(H,29,30,32)/t18-,21-/m0/s1. The Kier molecular flexibility index (Phi) is 8.04. The third kappa shape index (κ3) is 6.28. The van der Waals surface area contributed by atoms with Gasteiger partial charge >= 0.3 is 5.97 Å². The van der Waals surface area contributed by atoms with Crippen LogP contribution in [0.3, 0.4) is 0 Å². The lowest BCUT2D eigenvalue weighted by molar-refractivity contribution is -0.143. The summed E-state index contributed by atoms with van der Waals surface area (Å²) < 4.78 is 18.8. The Balaban J connectivity index is 1.26. The highest BCUT2D eigenvalue weighted by Gasteiger charge is 2.28. The molecule has 1 aliphatic rings. The molecule has 208 valence electrons. The molecule has 0 spiro atoms. The van der Waals surface area contributed by atoms with Gasteiger partial charge in [0.2, 0.25) is 11.8 Å². The Morgan fingerprint density at radius 1 is 1.10 bits per heavy atom. The third-order valence-electron chi connectivity index (χ3n) is 6.82. The van der Waals surface area contributed by atoms with E-state index < -0.39 is 5.97 Å². The molecule has 0 amide bonds.